The van der Waals surface area contributed by atoms with E-state index in [2.05, 4.69) is 36.7 Å². The van der Waals surface area contributed by atoms with Crippen molar-refractivity contribution in [3.05, 3.63) is 60.2 Å². The van der Waals surface area contributed by atoms with Crippen molar-refractivity contribution in [1.29, 1.82) is 0 Å². The van der Waals surface area contributed by atoms with Gasteiger partial charge in [-0.2, -0.15) is 5.10 Å². The number of imidazole rings is 1. The number of benzene rings is 2. The summed E-state index contributed by atoms with van der Waals surface area (Å²) in [5.74, 6) is 2.15. The summed E-state index contributed by atoms with van der Waals surface area (Å²) in [4.78, 5) is 35.9. The number of aromatic nitrogens is 6. The van der Waals surface area contributed by atoms with Crippen LogP contribution in [0.3, 0.4) is 0 Å². The van der Waals surface area contributed by atoms with E-state index in [1.807, 2.05) is 49.3 Å². The van der Waals surface area contributed by atoms with Gasteiger partial charge in [-0.1, -0.05) is 24.3 Å². The van der Waals surface area contributed by atoms with E-state index in [9.17, 15) is 4.79 Å². The molecule has 45 heavy (non-hydrogen) atoms. The summed E-state index contributed by atoms with van der Waals surface area (Å²) in [7, 11) is 5.32. The number of nitrogens with one attached hydrogen (secondary N) is 1. The van der Waals surface area contributed by atoms with Crippen LogP contribution in [0.4, 0.5) is 10.6 Å². The molecule has 0 radical (unpaired) electrons. The van der Waals surface area contributed by atoms with Gasteiger partial charge in [0.05, 0.1) is 29.6 Å². The Hall–Kier alpha value is -4.71. The molecule has 1 saturated heterocycles. The molecule has 3 N–H and O–H groups in total. The summed E-state index contributed by atoms with van der Waals surface area (Å²) < 4.78 is 7.62. The molecule has 0 atom stereocenters. The predicted octanol–water partition coefficient (Wildman–Crippen LogP) is 4.33. The van der Waals surface area contributed by atoms with E-state index in [1.165, 1.54) is 6.33 Å². The molecule has 4 heterocycles. The molecule has 12 nitrogen and oxygen atoms in total. The maximum absolute atomic E-state index is 12.4. The van der Waals surface area contributed by atoms with E-state index in [0.29, 0.717) is 18.3 Å². The number of H-pyrrole nitrogens is 1. The normalized spacial score (nSPS) is 19.3. The first-order valence-electron chi connectivity index (χ1n) is 15.7. The molecule has 3 aromatic heterocycles. The largest absolute Gasteiger partial charge is 0.496 e. The molecule has 2 aliphatic rings. The SMILES string of the molecule is COc1ccccc1Cc1nc2ccc(-c3nn([C@H]4CC[C@@H](N5CCN(C(=O)N(C)C)CC5)CC4)c4ncnc(N)c34)cc2[nH]1. The molecule has 12 heteroatoms. The van der Waals surface area contributed by atoms with Crippen LogP contribution in [0.25, 0.3) is 33.3 Å². The van der Waals surface area contributed by atoms with Gasteiger partial charge in [-0.3, -0.25) is 4.90 Å². The topological polar surface area (TPSA) is 134 Å². The Morgan fingerprint density at radius 3 is 2.53 bits per heavy atom. The molecule has 0 unspecified atom stereocenters. The number of nitrogen functional groups attached to an aromatic ring is 1. The van der Waals surface area contributed by atoms with Crippen LogP contribution in [-0.2, 0) is 6.42 Å². The summed E-state index contributed by atoms with van der Waals surface area (Å²) in [5.41, 5.74) is 11.9. The summed E-state index contributed by atoms with van der Waals surface area (Å²) in [6.45, 7) is 3.40. The number of rotatable bonds is 6. The molecule has 2 amide bonds. The minimum Gasteiger partial charge on any atom is -0.496 e. The average molecular weight is 609 g/mol. The Kier molecular flexibility index (Phi) is 7.74. The zero-order chi connectivity index (χ0) is 31.1. The van der Waals surface area contributed by atoms with Gasteiger partial charge in [-0.05, 0) is 43.9 Å². The number of amides is 2. The van der Waals surface area contributed by atoms with E-state index in [1.54, 1.807) is 12.0 Å². The Balaban J connectivity index is 1.11. The number of nitrogens with zero attached hydrogens (tertiary/aromatic N) is 8. The third-order valence-corrected chi connectivity index (χ3v) is 9.37. The van der Waals surface area contributed by atoms with Crippen molar-refractivity contribution in [3.63, 3.8) is 0 Å². The lowest BCUT2D eigenvalue weighted by molar-refractivity contribution is 0.0754. The fraction of sp³-hybridized carbons (Fsp3) is 0.424. The van der Waals surface area contributed by atoms with Crippen LogP contribution in [0.5, 0.6) is 5.75 Å². The highest BCUT2D eigenvalue weighted by Gasteiger charge is 2.32. The molecule has 2 aromatic carbocycles. The van der Waals surface area contributed by atoms with Gasteiger partial charge in [0, 0.05) is 63.9 Å². The van der Waals surface area contributed by atoms with E-state index in [0.717, 1.165) is 102 Å². The lowest BCUT2D eigenvalue weighted by Crippen LogP contribution is -2.54. The molecule has 1 aliphatic carbocycles. The number of fused-ring (bicyclic) bond motifs is 2. The van der Waals surface area contributed by atoms with Crippen molar-refractivity contribution in [2.24, 2.45) is 0 Å². The van der Waals surface area contributed by atoms with Crippen molar-refractivity contribution in [2.45, 2.75) is 44.2 Å². The Bertz CT molecular complexity index is 1830. The average Bonchev–Trinajstić information content (AvgIpc) is 3.66. The Labute approximate surface area is 262 Å². The van der Waals surface area contributed by atoms with Crippen LogP contribution < -0.4 is 10.5 Å². The number of ether oxygens (including phenoxy) is 1. The summed E-state index contributed by atoms with van der Waals surface area (Å²) >= 11 is 0. The van der Waals surface area contributed by atoms with Crippen LogP contribution in [0.2, 0.25) is 0 Å². The zero-order valence-corrected chi connectivity index (χ0v) is 26.1. The number of nitrogens with two attached hydrogens (primary N) is 1. The number of piperazine rings is 1. The standard InChI is InChI=1S/C33H40N10O2/c1-40(2)33(44)42-16-14-41(15-17-42)23-9-11-24(12-10-23)43-32-29(31(34)35-20-36-32)30(39-43)22-8-13-25-26(18-22)38-28(37-25)19-21-6-4-5-7-27(21)45-3/h4-8,13,18,20,23-24H,9-12,14-17,19H2,1-3H3,(H,37,38)(H2,34,35,36)/t23-,24+. The second-order valence-corrected chi connectivity index (χ2v) is 12.3. The number of aromatic amines is 1. The fourth-order valence-electron chi connectivity index (χ4n) is 7.00. The minimum absolute atomic E-state index is 0.0981. The number of hydrogen-bond acceptors (Lipinski definition) is 8. The molecule has 2 fully saturated rings. The summed E-state index contributed by atoms with van der Waals surface area (Å²) in [6.07, 6.45) is 6.35. The lowest BCUT2D eigenvalue weighted by Gasteiger charge is -2.42. The molecule has 0 bridgehead atoms. The quantitative estimate of drug-likeness (QED) is 0.291. The van der Waals surface area contributed by atoms with Crippen LogP contribution in [0, 0.1) is 0 Å². The number of methoxy groups -OCH3 is 1. The minimum atomic E-state index is 0.0981. The van der Waals surface area contributed by atoms with Gasteiger partial charge in [0.1, 0.15) is 29.4 Å². The predicted molar refractivity (Wildman–Crippen MR) is 174 cm³/mol. The second kappa shape index (κ2) is 12.0. The Morgan fingerprint density at radius 2 is 1.78 bits per heavy atom. The highest BCUT2D eigenvalue weighted by atomic mass is 16.5. The Morgan fingerprint density at radius 1 is 1.02 bits per heavy atom. The summed E-state index contributed by atoms with van der Waals surface area (Å²) in [6, 6.07) is 15.0. The van der Waals surface area contributed by atoms with Gasteiger partial charge in [0.2, 0.25) is 0 Å². The monoisotopic (exact) mass is 608 g/mol. The number of carbonyl (C=O) groups is 1. The molecule has 5 aromatic rings. The van der Waals surface area contributed by atoms with Crippen molar-refractivity contribution >= 4 is 33.9 Å². The van der Waals surface area contributed by atoms with Crippen LogP contribution >= 0.6 is 0 Å². The van der Waals surface area contributed by atoms with Crippen LogP contribution in [0.1, 0.15) is 43.1 Å². The van der Waals surface area contributed by atoms with Crippen molar-refractivity contribution in [1.82, 2.24) is 44.4 Å². The van der Waals surface area contributed by atoms with Crippen molar-refractivity contribution < 1.29 is 9.53 Å². The van der Waals surface area contributed by atoms with Crippen LogP contribution in [0.15, 0.2) is 48.8 Å². The maximum Gasteiger partial charge on any atom is 0.319 e. The van der Waals surface area contributed by atoms with E-state index >= 15 is 0 Å². The second-order valence-electron chi connectivity index (χ2n) is 12.3. The highest BCUT2D eigenvalue weighted by Crippen LogP contribution is 2.37. The van der Waals surface area contributed by atoms with E-state index in [-0.39, 0.29) is 12.1 Å². The van der Waals surface area contributed by atoms with Gasteiger partial charge in [-0.25, -0.2) is 24.4 Å². The number of hydrogen-bond donors (Lipinski definition) is 2. The molecule has 7 rings (SSSR count). The molecule has 234 valence electrons. The maximum atomic E-state index is 12.4. The number of anilines is 1. The molecular weight excluding hydrogens is 568 g/mol. The first kappa shape index (κ1) is 29.0. The first-order chi connectivity index (χ1) is 21.9. The number of carbonyl (C=O) groups excluding carboxylic acids is 1. The third kappa shape index (κ3) is 5.54. The van der Waals surface area contributed by atoms with E-state index in [4.69, 9.17) is 20.6 Å². The van der Waals surface area contributed by atoms with Gasteiger partial charge >= 0.3 is 6.03 Å². The first-order valence-corrected chi connectivity index (χ1v) is 15.7. The zero-order valence-electron chi connectivity index (χ0n) is 26.1. The highest BCUT2D eigenvalue weighted by molar-refractivity contribution is 5.99. The molecule has 0 spiro atoms. The fourth-order valence-corrected chi connectivity index (χ4v) is 7.00. The summed E-state index contributed by atoms with van der Waals surface area (Å²) in [5, 5.41) is 5.94. The third-order valence-electron chi connectivity index (χ3n) is 9.37. The number of urea groups is 1. The number of para-hydroxylation sites is 1. The van der Waals surface area contributed by atoms with E-state index < -0.39 is 0 Å². The van der Waals surface area contributed by atoms with Crippen molar-refractivity contribution in [3.8, 4) is 17.0 Å². The van der Waals surface area contributed by atoms with Gasteiger partial charge < -0.3 is 25.3 Å². The lowest BCUT2D eigenvalue weighted by atomic mass is 9.90. The van der Waals surface area contributed by atoms with Gasteiger partial charge in [-0.15, -0.1) is 0 Å². The molecular formula is C33H40N10O2. The molecule has 1 saturated carbocycles. The smallest absolute Gasteiger partial charge is 0.319 e. The van der Waals surface area contributed by atoms with Crippen molar-refractivity contribution in [2.75, 3.05) is 53.1 Å². The van der Waals surface area contributed by atoms with Gasteiger partial charge in [0.25, 0.3) is 0 Å². The van der Waals surface area contributed by atoms with Gasteiger partial charge in [0.15, 0.2) is 5.65 Å². The molecule has 1 aliphatic heterocycles. The van der Waals surface area contributed by atoms with Crippen LogP contribution in [-0.4, -0.2) is 104 Å².